The van der Waals surface area contributed by atoms with Crippen LogP contribution in [0.3, 0.4) is 0 Å². The van der Waals surface area contributed by atoms with Crippen molar-refractivity contribution in [1.82, 2.24) is 0 Å². The van der Waals surface area contributed by atoms with Crippen LogP contribution in [0, 0.1) is 0 Å². The minimum atomic E-state index is -0.158. The Morgan fingerprint density at radius 2 is 1.03 bits per heavy atom. The van der Waals surface area contributed by atoms with E-state index in [2.05, 4.69) is 6.92 Å². The van der Waals surface area contributed by atoms with Gasteiger partial charge in [0.2, 0.25) is 0 Å². The summed E-state index contributed by atoms with van der Waals surface area (Å²) in [6.45, 7) is 3.09. The molecule has 0 saturated heterocycles. The van der Waals surface area contributed by atoms with Gasteiger partial charge in [-0.2, -0.15) is 0 Å². The maximum absolute atomic E-state index is 12.0. The van der Waals surface area contributed by atoms with Gasteiger partial charge >= 0.3 is 11.9 Å². The molecule has 0 amide bonds. The molecule has 0 atom stereocenters. The third-order valence-electron chi connectivity index (χ3n) is 6.82. The lowest BCUT2D eigenvalue weighted by molar-refractivity contribution is -0.145. The van der Waals surface area contributed by atoms with Crippen molar-refractivity contribution in [3.05, 3.63) is 60.2 Å². The zero-order chi connectivity index (χ0) is 27.8. The van der Waals surface area contributed by atoms with Gasteiger partial charge < -0.3 is 14.2 Å². The first-order valence-corrected chi connectivity index (χ1v) is 15.3. The molecule has 0 radical (unpaired) electrons. The summed E-state index contributed by atoms with van der Waals surface area (Å²) in [7, 11) is 0. The molecule has 0 aliphatic rings. The van der Waals surface area contributed by atoms with E-state index in [1.807, 2.05) is 54.6 Å². The van der Waals surface area contributed by atoms with Crippen LogP contribution < -0.4 is 4.74 Å². The van der Waals surface area contributed by atoms with E-state index >= 15 is 0 Å². The molecule has 0 aliphatic heterocycles. The Balaban J connectivity index is 1.36. The summed E-state index contributed by atoms with van der Waals surface area (Å²) in [4.78, 5) is 23.9. The van der Waals surface area contributed by atoms with Crippen LogP contribution in [0.5, 0.6) is 11.5 Å². The van der Waals surface area contributed by atoms with Gasteiger partial charge in [-0.3, -0.25) is 9.59 Å². The molecule has 0 N–H and O–H groups in total. The van der Waals surface area contributed by atoms with Crippen LogP contribution in [0.4, 0.5) is 0 Å². The van der Waals surface area contributed by atoms with Crippen molar-refractivity contribution in [2.45, 2.75) is 123 Å². The first-order valence-electron chi connectivity index (χ1n) is 15.3. The van der Waals surface area contributed by atoms with Crippen molar-refractivity contribution in [3.8, 4) is 11.5 Å². The second kappa shape index (κ2) is 22.0. The number of benzene rings is 2. The van der Waals surface area contributed by atoms with Crippen molar-refractivity contribution >= 4 is 11.9 Å². The Morgan fingerprint density at radius 3 is 1.62 bits per heavy atom. The van der Waals surface area contributed by atoms with Gasteiger partial charge in [-0.15, -0.1) is 0 Å². The second-order valence-corrected chi connectivity index (χ2v) is 10.4. The third-order valence-corrected chi connectivity index (χ3v) is 6.82. The van der Waals surface area contributed by atoms with Crippen molar-refractivity contribution < 1.29 is 23.8 Å². The van der Waals surface area contributed by atoms with Gasteiger partial charge in [-0.25, -0.2) is 0 Å². The molecule has 0 heterocycles. The molecular weight excluding hydrogens is 488 g/mol. The fraction of sp³-hybridized carbons (Fsp3) is 0.588. The average Bonchev–Trinajstić information content (AvgIpc) is 2.95. The molecule has 0 saturated carbocycles. The first kappa shape index (κ1) is 32.4. The lowest BCUT2D eigenvalue weighted by atomic mass is 10.1. The Bertz CT molecular complexity index is 878. The highest BCUT2D eigenvalue weighted by atomic mass is 16.5. The molecule has 0 aromatic heterocycles. The minimum absolute atomic E-state index is 0.0596. The normalized spacial score (nSPS) is 10.8. The molecule has 39 heavy (non-hydrogen) atoms. The Kier molecular flexibility index (Phi) is 18.3. The van der Waals surface area contributed by atoms with Gasteiger partial charge in [0.05, 0.1) is 6.61 Å². The van der Waals surface area contributed by atoms with Crippen molar-refractivity contribution in [1.29, 1.82) is 0 Å². The highest BCUT2D eigenvalue weighted by Crippen LogP contribution is 2.21. The number of ether oxygens (including phenoxy) is 3. The average molecular weight is 539 g/mol. The number of unbranched alkanes of at least 4 members (excludes halogenated alkanes) is 13. The van der Waals surface area contributed by atoms with E-state index in [0.29, 0.717) is 19.4 Å². The van der Waals surface area contributed by atoms with Gasteiger partial charge in [0, 0.05) is 12.8 Å². The maximum Gasteiger partial charge on any atom is 0.306 e. The van der Waals surface area contributed by atoms with Gasteiger partial charge in [0.15, 0.2) is 0 Å². The van der Waals surface area contributed by atoms with Crippen LogP contribution in [0.25, 0.3) is 0 Å². The number of hydrogen-bond acceptors (Lipinski definition) is 5. The highest BCUT2D eigenvalue weighted by molar-refractivity contribution is 5.69. The molecule has 0 spiro atoms. The Labute approximate surface area is 236 Å². The largest absolute Gasteiger partial charge is 0.466 e. The summed E-state index contributed by atoms with van der Waals surface area (Å²) >= 11 is 0. The van der Waals surface area contributed by atoms with E-state index in [4.69, 9.17) is 14.2 Å². The fourth-order valence-electron chi connectivity index (χ4n) is 4.43. The van der Waals surface area contributed by atoms with Crippen molar-refractivity contribution in [2.24, 2.45) is 0 Å². The Hall–Kier alpha value is -2.82. The minimum Gasteiger partial charge on any atom is -0.466 e. The fourth-order valence-corrected chi connectivity index (χ4v) is 4.43. The van der Waals surface area contributed by atoms with Gasteiger partial charge in [0.25, 0.3) is 0 Å². The van der Waals surface area contributed by atoms with Crippen LogP contribution in [0.2, 0.25) is 0 Å². The van der Waals surface area contributed by atoms with Gasteiger partial charge in [0.1, 0.15) is 18.1 Å². The van der Waals surface area contributed by atoms with Crippen molar-refractivity contribution in [3.63, 3.8) is 0 Å². The zero-order valence-corrected chi connectivity index (χ0v) is 24.2. The number of para-hydroxylation sites is 1. The lowest BCUT2D eigenvalue weighted by Crippen LogP contribution is -2.05. The van der Waals surface area contributed by atoms with E-state index in [9.17, 15) is 9.59 Å². The molecule has 0 aliphatic carbocycles. The van der Waals surface area contributed by atoms with Gasteiger partial charge in [-0.05, 0) is 49.1 Å². The van der Waals surface area contributed by atoms with Crippen LogP contribution in [0.15, 0.2) is 54.6 Å². The topological polar surface area (TPSA) is 61.8 Å². The standard InChI is InChI=1S/C34H50O5/c1-2-3-4-5-6-7-10-13-19-28-37-33(35)22-17-11-8-9-12-18-23-34(36)38-29-30-24-26-32(27-25-30)39-31-20-15-14-16-21-31/h14-16,20-21,24-27H,2-13,17-19,22-23,28-29H2,1H3. The molecule has 0 unspecified atom stereocenters. The van der Waals surface area contributed by atoms with E-state index in [1.165, 1.54) is 44.9 Å². The van der Waals surface area contributed by atoms with Crippen LogP contribution >= 0.6 is 0 Å². The molecule has 5 nitrogen and oxygen atoms in total. The monoisotopic (exact) mass is 538 g/mol. The number of carbonyl (C=O) groups excluding carboxylic acids is 2. The summed E-state index contributed by atoms with van der Waals surface area (Å²) in [6.07, 6.45) is 18.3. The molecule has 2 rings (SSSR count). The summed E-state index contributed by atoms with van der Waals surface area (Å²) in [5, 5.41) is 0. The molecular formula is C34H50O5. The van der Waals surface area contributed by atoms with E-state index < -0.39 is 0 Å². The first-order chi connectivity index (χ1) is 19.2. The highest BCUT2D eigenvalue weighted by Gasteiger charge is 2.05. The van der Waals surface area contributed by atoms with E-state index in [1.54, 1.807) is 0 Å². The molecule has 0 bridgehead atoms. The molecule has 5 heteroatoms. The van der Waals surface area contributed by atoms with Gasteiger partial charge in [-0.1, -0.05) is 114 Å². The lowest BCUT2D eigenvalue weighted by Gasteiger charge is -2.08. The van der Waals surface area contributed by atoms with E-state index in [0.717, 1.165) is 68.4 Å². The summed E-state index contributed by atoms with van der Waals surface area (Å²) in [5.41, 5.74) is 0.940. The number of hydrogen-bond donors (Lipinski definition) is 0. The summed E-state index contributed by atoms with van der Waals surface area (Å²) in [5.74, 6) is 1.33. The van der Waals surface area contributed by atoms with Crippen LogP contribution in [0.1, 0.15) is 122 Å². The molecule has 216 valence electrons. The smallest absolute Gasteiger partial charge is 0.306 e. The number of carbonyl (C=O) groups is 2. The predicted molar refractivity (Wildman–Crippen MR) is 158 cm³/mol. The SMILES string of the molecule is CCCCCCCCCCCOC(=O)CCCCCCCCC(=O)OCc1ccc(Oc2ccccc2)cc1. The Morgan fingerprint density at radius 1 is 0.538 bits per heavy atom. The summed E-state index contributed by atoms with van der Waals surface area (Å²) in [6, 6.07) is 17.2. The summed E-state index contributed by atoms with van der Waals surface area (Å²) < 4.78 is 16.5. The van der Waals surface area contributed by atoms with Crippen LogP contribution in [-0.2, 0) is 25.7 Å². The molecule has 0 fully saturated rings. The van der Waals surface area contributed by atoms with E-state index in [-0.39, 0.29) is 18.5 Å². The number of esters is 2. The predicted octanol–water partition coefficient (Wildman–Crippen LogP) is 9.72. The molecule has 2 aromatic carbocycles. The maximum atomic E-state index is 12.0. The molecule has 2 aromatic rings. The zero-order valence-electron chi connectivity index (χ0n) is 24.2. The quantitative estimate of drug-likeness (QED) is 0.104. The van der Waals surface area contributed by atoms with Crippen LogP contribution in [-0.4, -0.2) is 18.5 Å². The number of rotatable bonds is 23. The second-order valence-electron chi connectivity index (χ2n) is 10.4. The third kappa shape index (κ3) is 17.4. The van der Waals surface area contributed by atoms with Crippen molar-refractivity contribution in [2.75, 3.05) is 6.61 Å².